The third kappa shape index (κ3) is 2.39. The lowest BCUT2D eigenvalue weighted by Gasteiger charge is -1.96. The van der Waals surface area contributed by atoms with Gasteiger partial charge in [0.1, 0.15) is 11.5 Å². The van der Waals surface area contributed by atoms with Gasteiger partial charge in [-0.2, -0.15) is 0 Å². The van der Waals surface area contributed by atoms with E-state index in [2.05, 4.69) is 15.5 Å². The van der Waals surface area contributed by atoms with Crippen LogP contribution in [0.4, 0.5) is 5.82 Å². The van der Waals surface area contributed by atoms with Crippen LogP contribution in [0.3, 0.4) is 0 Å². The van der Waals surface area contributed by atoms with E-state index in [1.807, 2.05) is 13.8 Å². The van der Waals surface area contributed by atoms with Crippen LogP contribution in [0.2, 0.25) is 0 Å². The molecule has 114 valence electrons. The van der Waals surface area contributed by atoms with E-state index >= 15 is 0 Å². The van der Waals surface area contributed by atoms with Crippen molar-refractivity contribution in [2.75, 3.05) is 5.32 Å². The number of anilines is 1. The lowest BCUT2D eigenvalue weighted by Crippen LogP contribution is -2.18. The van der Waals surface area contributed by atoms with Gasteiger partial charge in [0.15, 0.2) is 5.82 Å². The smallest absolute Gasteiger partial charge is 0.293 e. The number of hydrogen-bond donors (Lipinski definition) is 1. The minimum atomic E-state index is -0.450. The van der Waals surface area contributed by atoms with Gasteiger partial charge in [0, 0.05) is 37.6 Å². The molecule has 0 unspecified atom stereocenters. The molecule has 0 aromatic carbocycles. The van der Waals surface area contributed by atoms with Gasteiger partial charge in [0.05, 0.1) is 0 Å². The monoisotopic (exact) mass is 301 g/mol. The molecule has 0 atom stereocenters. The first-order chi connectivity index (χ1) is 10.5. The minimum absolute atomic E-state index is 0.136. The molecule has 3 heterocycles. The molecule has 0 saturated carbocycles. The fourth-order valence-corrected chi connectivity index (χ4v) is 1.97. The first-order valence-electron chi connectivity index (χ1n) is 6.78. The number of nitrogens with one attached hydrogen (secondary N) is 1. The maximum Gasteiger partial charge on any atom is 0.293 e. The molecule has 0 radical (unpaired) electrons. The van der Waals surface area contributed by atoms with Gasteiger partial charge in [-0.3, -0.25) is 9.59 Å². The number of carbonyl (C=O) groups is 1. The highest BCUT2D eigenvalue weighted by Gasteiger charge is 2.15. The molecule has 0 aliphatic rings. The van der Waals surface area contributed by atoms with Crippen molar-refractivity contribution in [3.8, 4) is 0 Å². The van der Waals surface area contributed by atoms with Crippen molar-refractivity contribution in [3.63, 3.8) is 0 Å². The summed E-state index contributed by atoms with van der Waals surface area (Å²) in [6, 6.07) is 1.66. The van der Waals surface area contributed by atoms with Crippen LogP contribution in [0, 0.1) is 0 Å². The number of carbonyl (C=O) groups excluding carboxylic acids is 1. The van der Waals surface area contributed by atoms with Crippen LogP contribution in [-0.4, -0.2) is 25.0 Å². The minimum Gasteiger partial charge on any atom is -0.359 e. The van der Waals surface area contributed by atoms with E-state index in [4.69, 9.17) is 4.52 Å². The van der Waals surface area contributed by atoms with Gasteiger partial charge >= 0.3 is 0 Å². The van der Waals surface area contributed by atoms with Crippen molar-refractivity contribution in [3.05, 3.63) is 46.5 Å². The van der Waals surface area contributed by atoms with Gasteiger partial charge in [-0.15, -0.1) is 0 Å². The number of rotatable bonds is 3. The van der Waals surface area contributed by atoms with E-state index in [1.165, 1.54) is 15.2 Å². The molecular formula is C14H15N5O3. The van der Waals surface area contributed by atoms with Crippen molar-refractivity contribution in [1.82, 2.24) is 19.1 Å². The topological polar surface area (TPSA) is 94.4 Å². The van der Waals surface area contributed by atoms with Crippen molar-refractivity contribution in [2.24, 2.45) is 7.05 Å². The summed E-state index contributed by atoms with van der Waals surface area (Å²) >= 11 is 0. The van der Waals surface area contributed by atoms with Crippen LogP contribution in [-0.2, 0) is 7.05 Å². The highest BCUT2D eigenvalue weighted by atomic mass is 16.5. The van der Waals surface area contributed by atoms with Crippen LogP contribution in [0.25, 0.3) is 5.65 Å². The van der Waals surface area contributed by atoms with Crippen LogP contribution in [0.15, 0.2) is 34.0 Å². The molecule has 3 aromatic heterocycles. The zero-order valence-corrected chi connectivity index (χ0v) is 12.4. The lowest BCUT2D eigenvalue weighted by molar-refractivity contribution is 0.102. The molecule has 0 spiro atoms. The number of hydrogen-bond acceptors (Lipinski definition) is 5. The average molecular weight is 301 g/mol. The second kappa shape index (κ2) is 5.14. The van der Waals surface area contributed by atoms with Gasteiger partial charge < -0.3 is 18.8 Å². The van der Waals surface area contributed by atoms with E-state index in [9.17, 15) is 9.59 Å². The Morgan fingerprint density at radius 2 is 2.14 bits per heavy atom. The van der Waals surface area contributed by atoms with Crippen LogP contribution >= 0.6 is 0 Å². The first kappa shape index (κ1) is 14.1. The molecule has 8 heteroatoms. The van der Waals surface area contributed by atoms with E-state index < -0.39 is 5.91 Å². The predicted molar refractivity (Wildman–Crippen MR) is 79.0 cm³/mol. The summed E-state index contributed by atoms with van der Waals surface area (Å²) in [4.78, 5) is 28.2. The highest BCUT2D eigenvalue weighted by Crippen LogP contribution is 2.18. The largest absolute Gasteiger partial charge is 0.359 e. The molecule has 3 rings (SSSR count). The summed E-state index contributed by atoms with van der Waals surface area (Å²) in [7, 11) is 1.62. The Balaban J connectivity index is 1.88. The zero-order chi connectivity index (χ0) is 15.9. The number of aromatic nitrogens is 4. The molecule has 1 N–H and O–H groups in total. The van der Waals surface area contributed by atoms with Crippen molar-refractivity contribution < 1.29 is 9.32 Å². The molecule has 3 aromatic rings. The lowest BCUT2D eigenvalue weighted by atomic mass is 10.2. The molecule has 22 heavy (non-hydrogen) atoms. The molecule has 1 amide bonds. The van der Waals surface area contributed by atoms with Gasteiger partial charge in [0.2, 0.25) is 5.65 Å². The normalized spacial score (nSPS) is 11.3. The fourth-order valence-electron chi connectivity index (χ4n) is 1.97. The van der Waals surface area contributed by atoms with Crippen molar-refractivity contribution in [2.45, 2.75) is 19.8 Å². The number of fused-ring (bicyclic) bond motifs is 1. The summed E-state index contributed by atoms with van der Waals surface area (Å²) in [6.45, 7) is 3.92. The van der Waals surface area contributed by atoms with Gasteiger partial charge in [-0.1, -0.05) is 19.0 Å². The second-order valence-corrected chi connectivity index (χ2v) is 5.29. The number of amides is 1. The summed E-state index contributed by atoms with van der Waals surface area (Å²) in [5, 5.41) is 6.38. The number of nitrogens with zero attached hydrogens (tertiary/aromatic N) is 4. The van der Waals surface area contributed by atoms with Crippen LogP contribution in [0.5, 0.6) is 0 Å². The predicted octanol–water partition coefficient (Wildman–Crippen LogP) is 1.40. The standard InChI is InChI=1S/C14H15N5O3/c1-8(2)10-6-11(17-22-10)16-13(20)9-7-19-5-4-18(3)14(21)12(19)15-9/h4-8H,1-3H3,(H,16,17,20). The Kier molecular flexibility index (Phi) is 3.28. The van der Waals surface area contributed by atoms with Crippen LogP contribution < -0.4 is 10.9 Å². The Hall–Kier alpha value is -2.90. The van der Waals surface area contributed by atoms with Gasteiger partial charge in [0.25, 0.3) is 11.5 Å². The van der Waals surface area contributed by atoms with Crippen molar-refractivity contribution in [1.29, 1.82) is 0 Å². The SMILES string of the molecule is CC(C)c1cc(NC(=O)c2cn3ccn(C)c(=O)c3n2)no1. The van der Waals surface area contributed by atoms with E-state index in [0.29, 0.717) is 11.6 Å². The van der Waals surface area contributed by atoms with Gasteiger partial charge in [-0.05, 0) is 0 Å². The van der Waals surface area contributed by atoms with Crippen molar-refractivity contribution >= 4 is 17.4 Å². The molecule has 0 aliphatic heterocycles. The molecular weight excluding hydrogens is 286 g/mol. The maximum absolute atomic E-state index is 12.2. The Bertz CT molecular complexity index is 903. The molecule has 0 saturated heterocycles. The highest BCUT2D eigenvalue weighted by molar-refractivity contribution is 6.02. The summed E-state index contributed by atoms with van der Waals surface area (Å²) < 4.78 is 8.03. The van der Waals surface area contributed by atoms with E-state index in [-0.39, 0.29) is 22.8 Å². The maximum atomic E-state index is 12.2. The summed E-state index contributed by atoms with van der Waals surface area (Å²) in [6.07, 6.45) is 4.76. The van der Waals surface area contributed by atoms with E-state index in [1.54, 1.807) is 25.5 Å². The average Bonchev–Trinajstić information content (AvgIpc) is 3.09. The molecule has 0 bridgehead atoms. The Morgan fingerprint density at radius 1 is 1.36 bits per heavy atom. The third-order valence-corrected chi connectivity index (χ3v) is 3.27. The quantitative estimate of drug-likeness (QED) is 0.789. The second-order valence-electron chi connectivity index (χ2n) is 5.29. The van der Waals surface area contributed by atoms with Crippen LogP contribution in [0.1, 0.15) is 36.0 Å². The summed E-state index contributed by atoms with van der Waals surface area (Å²) in [5.74, 6) is 0.726. The third-order valence-electron chi connectivity index (χ3n) is 3.27. The number of aryl methyl sites for hydroxylation is 1. The Morgan fingerprint density at radius 3 is 2.82 bits per heavy atom. The van der Waals surface area contributed by atoms with Gasteiger partial charge in [-0.25, -0.2) is 4.98 Å². The van der Waals surface area contributed by atoms with E-state index in [0.717, 1.165) is 0 Å². The molecule has 0 aliphatic carbocycles. The number of imidazole rings is 1. The zero-order valence-electron chi connectivity index (χ0n) is 12.4. The first-order valence-corrected chi connectivity index (χ1v) is 6.78. The summed E-state index contributed by atoms with van der Waals surface area (Å²) in [5.41, 5.74) is 0.0562. The fraction of sp³-hybridized carbons (Fsp3) is 0.286. The Labute approximate surface area is 125 Å². The molecule has 0 fully saturated rings. The molecule has 8 nitrogen and oxygen atoms in total.